The van der Waals surface area contributed by atoms with Crippen LogP contribution in [0.3, 0.4) is 0 Å². The first kappa shape index (κ1) is 13.0. The monoisotopic (exact) mass is 183 g/mol. The largest absolute Gasteiger partial charge is 0.0651 e. The Morgan fingerprint density at radius 2 is 1.77 bits per heavy atom. The molecule has 0 aromatic carbocycles. The summed E-state index contributed by atoms with van der Waals surface area (Å²) in [6, 6.07) is 0. The van der Waals surface area contributed by atoms with E-state index in [0.29, 0.717) is 5.41 Å². The molecule has 0 aromatic rings. The molecule has 0 bridgehead atoms. The van der Waals surface area contributed by atoms with Crippen LogP contribution in [0, 0.1) is 18.3 Å². The quantitative estimate of drug-likeness (QED) is 0.552. The van der Waals surface area contributed by atoms with Crippen molar-refractivity contribution in [2.24, 2.45) is 11.3 Å². The van der Waals surface area contributed by atoms with Gasteiger partial charge in [0, 0.05) is 0 Å². The van der Waals surface area contributed by atoms with Crippen molar-refractivity contribution in [2.45, 2.75) is 66.2 Å². The van der Waals surface area contributed by atoms with Gasteiger partial charge < -0.3 is 0 Å². The highest BCUT2D eigenvalue weighted by Crippen LogP contribution is 2.27. The first-order valence-electron chi connectivity index (χ1n) is 5.79. The average Bonchev–Trinajstić information content (AvgIpc) is 2.03. The maximum absolute atomic E-state index is 3.90. The lowest BCUT2D eigenvalue weighted by Gasteiger charge is -2.22. The van der Waals surface area contributed by atoms with Crippen LogP contribution in [0.1, 0.15) is 66.2 Å². The molecule has 0 aliphatic rings. The van der Waals surface area contributed by atoms with Crippen molar-refractivity contribution in [1.29, 1.82) is 0 Å². The van der Waals surface area contributed by atoms with Crippen molar-refractivity contribution in [3.05, 3.63) is 6.92 Å². The summed E-state index contributed by atoms with van der Waals surface area (Å²) in [5.74, 6) is 0.945. The van der Waals surface area contributed by atoms with Gasteiger partial charge in [-0.1, -0.05) is 60.3 Å². The summed E-state index contributed by atoms with van der Waals surface area (Å²) in [4.78, 5) is 0. The molecule has 0 amide bonds. The Kier molecular flexibility index (Phi) is 6.45. The third-order valence-electron chi connectivity index (χ3n) is 2.74. The summed E-state index contributed by atoms with van der Waals surface area (Å²) in [6.45, 7) is 13.2. The average molecular weight is 183 g/mol. The van der Waals surface area contributed by atoms with Gasteiger partial charge >= 0.3 is 0 Å². The number of rotatable bonds is 6. The smallest absolute Gasteiger partial charge is 0.0383 e. The van der Waals surface area contributed by atoms with Crippen molar-refractivity contribution in [3.63, 3.8) is 0 Å². The van der Waals surface area contributed by atoms with Crippen molar-refractivity contribution < 1.29 is 0 Å². The Hall–Kier alpha value is 0. The molecule has 0 aliphatic carbocycles. The number of hydrogen-bond donors (Lipinski definition) is 0. The number of hydrogen-bond acceptors (Lipinski definition) is 0. The van der Waals surface area contributed by atoms with E-state index in [9.17, 15) is 0 Å². The minimum absolute atomic E-state index is 0.512. The van der Waals surface area contributed by atoms with Crippen LogP contribution < -0.4 is 0 Å². The van der Waals surface area contributed by atoms with Crippen molar-refractivity contribution >= 4 is 0 Å². The highest BCUT2D eigenvalue weighted by molar-refractivity contribution is 4.66. The molecule has 1 atom stereocenters. The topological polar surface area (TPSA) is 0 Å². The van der Waals surface area contributed by atoms with E-state index in [1.165, 1.54) is 32.1 Å². The summed E-state index contributed by atoms with van der Waals surface area (Å²) in [7, 11) is 0. The van der Waals surface area contributed by atoms with Gasteiger partial charge in [0.1, 0.15) is 0 Å². The highest BCUT2D eigenvalue weighted by atomic mass is 14.2. The zero-order valence-electron chi connectivity index (χ0n) is 10.0. The molecule has 0 aromatic heterocycles. The van der Waals surface area contributed by atoms with Gasteiger partial charge in [0.25, 0.3) is 0 Å². The van der Waals surface area contributed by atoms with Gasteiger partial charge in [0.2, 0.25) is 0 Å². The lowest BCUT2D eigenvalue weighted by Crippen LogP contribution is -2.09. The third kappa shape index (κ3) is 8.33. The standard InChI is InChI=1S/C13H27/c1-6-8-9-12(7-2)10-11-13(3,4)5/h12H,1,6-11H2,2-5H3. The Morgan fingerprint density at radius 3 is 2.15 bits per heavy atom. The summed E-state index contributed by atoms with van der Waals surface area (Å²) in [6.07, 6.45) is 7.91. The lowest BCUT2D eigenvalue weighted by molar-refractivity contribution is 0.305. The molecule has 1 radical (unpaired) electrons. The summed E-state index contributed by atoms with van der Waals surface area (Å²) < 4.78 is 0. The molecular formula is C13H27. The Bertz CT molecular complexity index is 108. The second kappa shape index (κ2) is 6.45. The first-order valence-corrected chi connectivity index (χ1v) is 5.79. The van der Waals surface area contributed by atoms with Gasteiger partial charge in [0.05, 0.1) is 0 Å². The van der Waals surface area contributed by atoms with Crippen LogP contribution in [0.25, 0.3) is 0 Å². The zero-order chi connectivity index (χ0) is 10.3. The van der Waals surface area contributed by atoms with Gasteiger partial charge in [-0.2, -0.15) is 0 Å². The molecule has 0 nitrogen and oxygen atoms in total. The minimum Gasteiger partial charge on any atom is -0.0651 e. The van der Waals surface area contributed by atoms with Crippen LogP contribution in [0.15, 0.2) is 0 Å². The van der Waals surface area contributed by atoms with E-state index < -0.39 is 0 Å². The fraction of sp³-hybridized carbons (Fsp3) is 0.923. The normalized spacial score (nSPS) is 14.5. The number of unbranched alkanes of at least 4 members (excludes halogenated alkanes) is 1. The summed E-state index contributed by atoms with van der Waals surface area (Å²) in [5, 5.41) is 0. The molecule has 0 fully saturated rings. The highest BCUT2D eigenvalue weighted by Gasteiger charge is 2.13. The SMILES string of the molecule is [CH2]CCCC(CC)CCC(C)(C)C. The fourth-order valence-corrected chi connectivity index (χ4v) is 1.62. The molecular weight excluding hydrogens is 156 g/mol. The van der Waals surface area contributed by atoms with Crippen molar-refractivity contribution in [3.8, 4) is 0 Å². The summed E-state index contributed by atoms with van der Waals surface area (Å²) >= 11 is 0. The van der Waals surface area contributed by atoms with E-state index in [-0.39, 0.29) is 0 Å². The maximum Gasteiger partial charge on any atom is -0.0383 e. The molecule has 0 saturated carbocycles. The van der Waals surface area contributed by atoms with Gasteiger partial charge in [0.15, 0.2) is 0 Å². The molecule has 79 valence electrons. The van der Waals surface area contributed by atoms with Gasteiger partial charge in [-0.25, -0.2) is 0 Å². The van der Waals surface area contributed by atoms with Crippen LogP contribution in [0.2, 0.25) is 0 Å². The summed E-state index contributed by atoms with van der Waals surface area (Å²) in [5.41, 5.74) is 0.512. The molecule has 0 rings (SSSR count). The van der Waals surface area contributed by atoms with Gasteiger partial charge in [-0.15, -0.1) is 0 Å². The van der Waals surface area contributed by atoms with E-state index >= 15 is 0 Å². The van der Waals surface area contributed by atoms with Crippen LogP contribution in [0.5, 0.6) is 0 Å². The molecule has 13 heavy (non-hydrogen) atoms. The molecule has 1 unspecified atom stereocenters. The molecule has 0 aliphatic heterocycles. The first-order chi connectivity index (χ1) is 5.99. The van der Waals surface area contributed by atoms with Crippen LogP contribution in [-0.4, -0.2) is 0 Å². The molecule has 0 spiro atoms. The molecule has 0 heteroatoms. The predicted molar refractivity (Wildman–Crippen MR) is 61.7 cm³/mol. The van der Waals surface area contributed by atoms with E-state index in [0.717, 1.165) is 12.3 Å². The van der Waals surface area contributed by atoms with E-state index in [1.807, 2.05) is 0 Å². The zero-order valence-corrected chi connectivity index (χ0v) is 10.0. The van der Waals surface area contributed by atoms with E-state index in [1.54, 1.807) is 0 Å². The predicted octanol–water partition coefficient (Wildman–Crippen LogP) is 4.84. The van der Waals surface area contributed by atoms with Gasteiger partial charge in [-0.05, 0) is 24.2 Å². The molecule has 0 saturated heterocycles. The fourth-order valence-electron chi connectivity index (χ4n) is 1.62. The third-order valence-corrected chi connectivity index (χ3v) is 2.74. The van der Waals surface area contributed by atoms with Crippen LogP contribution in [-0.2, 0) is 0 Å². The maximum atomic E-state index is 3.90. The Labute approximate surface area is 85.1 Å². The van der Waals surface area contributed by atoms with Gasteiger partial charge in [-0.3, -0.25) is 0 Å². The second-order valence-corrected chi connectivity index (χ2v) is 5.37. The van der Waals surface area contributed by atoms with Crippen molar-refractivity contribution in [2.75, 3.05) is 0 Å². The Morgan fingerprint density at radius 1 is 1.15 bits per heavy atom. The van der Waals surface area contributed by atoms with Crippen molar-refractivity contribution in [1.82, 2.24) is 0 Å². The van der Waals surface area contributed by atoms with E-state index in [4.69, 9.17) is 0 Å². The second-order valence-electron chi connectivity index (χ2n) is 5.37. The minimum atomic E-state index is 0.512. The van der Waals surface area contributed by atoms with E-state index in [2.05, 4.69) is 34.6 Å². The van der Waals surface area contributed by atoms with Crippen LogP contribution in [0.4, 0.5) is 0 Å². The molecule has 0 heterocycles. The lowest BCUT2D eigenvalue weighted by atomic mass is 9.84. The molecule has 0 N–H and O–H groups in total. The Balaban J connectivity index is 3.59. The van der Waals surface area contributed by atoms with Crippen LogP contribution >= 0.6 is 0 Å².